The first-order valence-corrected chi connectivity index (χ1v) is 5.98. The van der Waals surface area contributed by atoms with E-state index in [9.17, 15) is 0 Å². The summed E-state index contributed by atoms with van der Waals surface area (Å²) in [5.74, 6) is 6.71. The van der Waals surface area contributed by atoms with Gasteiger partial charge in [-0.25, -0.2) is 4.98 Å². The van der Waals surface area contributed by atoms with Crippen molar-refractivity contribution in [3.8, 4) is 17.7 Å². The van der Waals surface area contributed by atoms with E-state index in [0.717, 1.165) is 12.8 Å². The van der Waals surface area contributed by atoms with Gasteiger partial charge in [0.2, 0.25) is 5.88 Å². The number of benzene rings is 1. The molecule has 1 aromatic heterocycles. The minimum atomic E-state index is 0.395. The molecule has 0 radical (unpaired) electrons. The van der Waals surface area contributed by atoms with Gasteiger partial charge in [0.05, 0.1) is 0 Å². The van der Waals surface area contributed by atoms with E-state index < -0.39 is 0 Å². The van der Waals surface area contributed by atoms with E-state index in [-0.39, 0.29) is 0 Å². The maximum absolute atomic E-state index is 5.37. The molecule has 0 atom stereocenters. The van der Waals surface area contributed by atoms with E-state index in [1.807, 2.05) is 36.4 Å². The Balaban J connectivity index is 1.68. The fraction of sp³-hybridized carbons (Fsp3) is 0.188. The number of pyridine rings is 1. The zero-order chi connectivity index (χ0) is 12.5. The Kier molecular flexibility index (Phi) is 4.83. The Morgan fingerprint density at radius 1 is 0.944 bits per heavy atom. The van der Waals surface area contributed by atoms with Crippen molar-refractivity contribution in [2.75, 3.05) is 6.61 Å². The van der Waals surface area contributed by atoms with Crippen LogP contribution >= 0.6 is 0 Å². The zero-order valence-electron chi connectivity index (χ0n) is 10.2. The maximum atomic E-state index is 5.37. The average Bonchev–Trinajstić information content (AvgIpc) is 2.45. The molecule has 0 aliphatic carbocycles. The van der Waals surface area contributed by atoms with Gasteiger partial charge < -0.3 is 4.74 Å². The predicted molar refractivity (Wildman–Crippen MR) is 72.3 cm³/mol. The lowest BCUT2D eigenvalue weighted by Gasteiger charge is -1.98. The lowest BCUT2D eigenvalue weighted by molar-refractivity contribution is 0.355. The molecule has 18 heavy (non-hydrogen) atoms. The molecule has 0 fully saturated rings. The Labute approximate surface area is 108 Å². The van der Waals surface area contributed by atoms with Crippen LogP contribution < -0.4 is 4.74 Å². The first kappa shape index (κ1) is 12.2. The minimum Gasteiger partial charge on any atom is -0.464 e. The van der Waals surface area contributed by atoms with E-state index >= 15 is 0 Å². The molecule has 0 bridgehead atoms. The molecule has 90 valence electrons. The molecule has 0 unspecified atom stereocenters. The summed E-state index contributed by atoms with van der Waals surface area (Å²) < 4.78 is 5.37. The predicted octanol–water partition coefficient (Wildman–Crippen LogP) is 3.10. The van der Waals surface area contributed by atoms with Crippen LogP contribution in [0.1, 0.15) is 12.0 Å². The van der Waals surface area contributed by atoms with Crippen LogP contribution in [0.2, 0.25) is 0 Å². The summed E-state index contributed by atoms with van der Waals surface area (Å²) in [7, 11) is 0. The van der Waals surface area contributed by atoms with Crippen molar-refractivity contribution in [1.82, 2.24) is 4.98 Å². The summed E-state index contributed by atoms with van der Waals surface area (Å²) >= 11 is 0. The van der Waals surface area contributed by atoms with E-state index in [0.29, 0.717) is 12.5 Å². The molecule has 0 aliphatic rings. The minimum absolute atomic E-state index is 0.395. The molecule has 0 N–H and O–H groups in total. The molecule has 2 heteroatoms. The van der Waals surface area contributed by atoms with Crippen molar-refractivity contribution in [2.45, 2.75) is 12.8 Å². The molecule has 0 amide bonds. The lowest BCUT2D eigenvalue weighted by Crippen LogP contribution is -1.95. The number of hydrogen-bond donors (Lipinski definition) is 0. The largest absolute Gasteiger partial charge is 0.464 e. The normalized spacial score (nSPS) is 9.33. The van der Waals surface area contributed by atoms with Crippen molar-refractivity contribution in [3.05, 3.63) is 60.3 Å². The molecule has 1 aromatic carbocycles. The van der Waals surface area contributed by atoms with Gasteiger partial charge >= 0.3 is 0 Å². The third-order valence-corrected chi connectivity index (χ3v) is 2.44. The second-order valence-corrected chi connectivity index (χ2v) is 3.80. The standard InChI is InChI=1S/C16H15NO/c1-3-9-15(10-4-1)11-5-2-8-14-18-16-12-6-7-13-17-16/h1,3-4,6-7,9-10,12-13H,5,11,14H2. The molecule has 0 aliphatic heterocycles. The second kappa shape index (κ2) is 7.13. The molecular weight excluding hydrogens is 222 g/mol. The molecule has 1 heterocycles. The van der Waals surface area contributed by atoms with Gasteiger partial charge in [-0.2, -0.15) is 0 Å². The van der Waals surface area contributed by atoms with Gasteiger partial charge in [-0.05, 0) is 18.1 Å². The summed E-state index contributed by atoms with van der Waals surface area (Å²) in [6, 6.07) is 15.9. The molecule has 2 aromatic rings. The smallest absolute Gasteiger partial charge is 0.214 e. The number of rotatable bonds is 4. The van der Waals surface area contributed by atoms with Crippen molar-refractivity contribution < 1.29 is 4.74 Å². The van der Waals surface area contributed by atoms with Crippen LogP contribution in [0.15, 0.2) is 54.7 Å². The Bertz CT molecular complexity index is 464. The van der Waals surface area contributed by atoms with Crippen LogP contribution in [-0.2, 0) is 6.42 Å². The first-order chi connectivity index (χ1) is 8.95. The highest BCUT2D eigenvalue weighted by atomic mass is 16.5. The first-order valence-electron chi connectivity index (χ1n) is 5.98. The number of aromatic nitrogens is 1. The van der Waals surface area contributed by atoms with Crippen molar-refractivity contribution in [3.63, 3.8) is 0 Å². The molecular formula is C16H15NO. The van der Waals surface area contributed by atoms with Gasteiger partial charge in [0.25, 0.3) is 0 Å². The van der Waals surface area contributed by atoms with Crippen molar-refractivity contribution in [2.24, 2.45) is 0 Å². The molecule has 0 saturated heterocycles. The second-order valence-electron chi connectivity index (χ2n) is 3.80. The highest BCUT2D eigenvalue weighted by Crippen LogP contribution is 2.02. The van der Waals surface area contributed by atoms with Crippen molar-refractivity contribution in [1.29, 1.82) is 0 Å². The summed E-state index contributed by atoms with van der Waals surface area (Å²) in [6.07, 6.45) is 3.55. The van der Waals surface area contributed by atoms with Crippen LogP contribution in [0.25, 0.3) is 0 Å². The number of nitrogens with zero attached hydrogens (tertiary/aromatic N) is 1. The quantitative estimate of drug-likeness (QED) is 0.762. The van der Waals surface area contributed by atoms with Gasteiger partial charge in [-0.3, -0.25) is 0 Å². The SMILES string of the molecule is C(#CCOc1ccccn1)CCc1ccccc1. The summed E-state index contributed by atoms with van der Waals surface area (Å²) in [4.78, 5) is 4.05. The Morgan fingerprint density at radius 3 is 2.56 bits per heavy atom. The van der Waals surface area contributed by atoms with Gasteiger partial charge in [-0.1, -0.05) is 48.2 Å². The Morgan fingerprint density at radius 2 is 1.78 bits per heavy atom. The van der Waals surface area contributed by atoms with E-state index in [1.165, 1.54) is 5.56 Å². The molecule has 2 nitrogen and oxygen atoms in total. The molecule has 0 spiro atoms. The molecule has 0 saturated carbocycles. The number of ether oxygens (including phenoxy) is 1. The summed E-state index contributed by atoms with van der Waals surface area (Å²) in [5.41, 5.74) is 1.32. The summed E-state index contributed by atoms with van der Waals surface area (Å²) in [5, 5.41) is 0. The third kappa shape index (κ3) is 4.31. The van der Waals surface area contributed by atoms with Gasteiger partial charge in [0.15, 0.2) is 6.61 Å². The molecule has 2 rings (SSSR count). The van der Waals surface area contributed by atoms with Crippen LogP contribution in [0.3, 0.4) is 0 Å². The van der Waals surface area contributed by atoms with Gasteiger partial charge in [-0.15, -0.1) is 0 Å². The van der Waals surface area contributed by atoms with E-state index in [1.54, 1.807) is 6.20 Å². The Hall–Kier alpha value is -2.27. The lowest BCUT2D eigenvalue weighted by atomic mass is 10.1. The number of hydrogen-bond acceptors (Lipinski definition) is 2. The monoisotopic (exact) mass is 237 g/mol. The summed E-state index contributed by atoms with van der Waals surface area (Å²) in [6.45, 7) is 0.395. The number of aryl methyl sites for hydroxylation is 1. The fourth-order valence-corrected chi connectivity index (χ4v) is 1.53. The topological polar surface area (TPSA) is 22.1 Å². The average molecular weight is 237 g/mol. The van der Waals surface area contributed by atoms with Crippen LogP contribution in [0.4, 0.5) is 0 Å². The third-order valence-electron chi connectivity index (χ3n) is 2.44. The zero-order valence-corrected chi connectivity index (χ0v) is 10.2. The van der Waals surface area contributed by atoms with E-state index in [4.69, 9.17) is 4.74 Å². The highest BCUT2D eigenvalue weighted by Gasteiger charge is 1.89. The van der Waals surface area contributed by atoms with Crippen LogP contribution in [0, 0.1) is 11.8 Å². The highest BCUT2D eigenvalue weighted by molar-refractivity contribution is 5.16. The van der Waals surface area contributed by atoms with Crippen LogP contribution in [0.5, 0.6) is 5.88 Å². The van der Waals surface area contributed by atoms with E-state index in [2.05, 4.69) is 29.0 Å². The fourth-order valence-electron chi connectivity index (χ4n) is 1.53. The maximum Gasteiger partial charge on any atom is 0.214 e. The van der Waals surface area contributed by atoms with Crippen molar-refractivity contribution >= 4 is 0 Å². The van der Waals surface area contributed by atoms with Gasteiger partial charge in [0, 0.05) is 18.7 Å². The van der Waals surface area contributed by atoms with Crippen LogP contribution in [-0.4, -0.2) is 11.6 Å². The van der Waals surface area contributed by atoms with Gasteiger partial charge in [0.1, 0.15) is 0 Å².